The van der Waals surface area contributed by atoms with E-state index in [1.807, 2.05) is 59.5 Å². The van der Waals surface area contributed by atoms with Gasteiger partial charge in [0.15, 0.2) is 0 Å². The van der Waals surface area contributed by atoms with Crippen molar-refractivity contribution in [2.24, 2.45) is 16.6 Å². The molecular weight excluding hydrogens is 435 g/mol. The summed E-state index contributed by atoms with van der Waals surface area (Å²) in [6.07, 6.45) is 1.81. The van der Waals surface area contributed by atoms with Gasteiger partial charge in [-0.3, -0.25) is 14.7 Å². The van der Waals surface area contributed by atoms with E-state index in [1.165, 1.54) is 12.1 Å². The lowest BCUT2D eigenvalue weighted by atomic mass is 10.0. The number of rotatable bonds is 3. The van der Waals surface area contributed by atoms with E-state index in [1.54, 1.807) is 18.3 Å². The molecule has 5 aromatic rings. The van der Waals surface area contributed by atoms with Gasteiger partial charge in [0.25, 0.3) is 0 Å². The number of nitriles is 1. The predicted octanol–water partition coefficient (Wildman–Crippen LogP) is 4.93. The van der Waals surface area contributed by atoms with Gasteiger partial charge in [-0.25, -0.2) is 4.39 Å². The minimum absolute atomic E-state index is 0.288. The Labute approximate surface area is 193 Å². The number of hydrogen-bond donors (Lipinski definition) is 1. The van der Waals surface area contributed by atoms with Crippen molar-refractivity contribution in [3.05, 3.63) is 89.4 Å². The molecular formula is C25H19FN6S. The number of pyridine rings is 1. The standard InChI is InChI=1S/C25H19FN6S/c1-15-6-7-16(13-27)10-22(15)32-24-20-12-18(17-4-3-5-19(26)11-17)8-9-21(20)29-14-23(24)31(2)25(32)30-33-28/h3-12,14H,28H2,1-2H3. The molecule has 162 valence electrons. The van der Waals surface area contributed by atoms with Crippen LogP contribution in [0, 0.1) is 24.1 Å². The first-order valence-electron chi connectivity index (χ1n) is 10.2. The highest BCUT2D eigenvalue weighted by molar-refractivity contribution is 7.95. The molecule has 0 amide bonds. The number of aromatic nitrogens is 3. The van der Waals surface area contributed by atoms with E-state index in [9.17, 15) is 9.65 Å². The van der Waals surface area contributed by atoms with Crippen LogP contribution in [0.4, 0.5) is 4.39 Å². The third-order valence-corrected chi connectivity index (χ3v) is 6.05. The Kier molecular flexibility index (Phi) is 5.21. The lowest BCUT2D eigenvalue weighted by Crippen LogP contribution is -2.23. The fraction of sp³-hybridized carbons (Fsp3) is 0.0800. The largest absolute Gasteiger partial charge is 0.311 e. The summed E-state index contributed by atoms with van der Waals surface area (Å²) in [6.45, 7) is 1.99. The fourth-order valence-corrected chi connectivity index (χ4v) is 4.45. The minimum atomic E-state index is -0.288. The maximum atomic E-state index is 13.9. The molecule has 33 heavy (non-hydrogen) atoms. The average Bonchev–Trinajstić information content (AvgIpc) is 3.11. The molecule has 0 aliphatic heterocycles. The van der Waals surface area contributed by atoms with Crippen molar-refractivity contribution in [2.45, 2.75) is 6.92 Å². The molecule has 0 bridgehead atoms. The van der Waals surface area contributed by atoms with E-state index in [2.05, 4.69) is 15.5 Å². The van der Waals surface area contributed by atoms with Gasteiger partial charge in [-0.2, -0.15) is 9.66 Å². The van der Waals surface area contributed by atoms with Gasteiger partial charge in [0.2, 0.25) is 5.62 Å². The summed E-state index contributed by atoms with van der Waals surface area (Å²) in [4.78, 5) is 4.65. The molecule has 6 nitrogen and oxygen atoms in total. The zero-order valence-electron chi connectivity index (χ0n) is 18.0. The van der Waals surface area contributed by atoms with Crippen LogP contribution in [0.15, 0.2) is 71.3 Å². The van der Waals surface area contributed by atoms with Crippen molar-refractivity contribution < 1.29 is 4.39 Å². The van der Waals surface area contributed by atoms with Gasteiger partial charge in [-0.05, 0) is 60.0 Å². The molecule has 0 saturated carbocycles. The lowest BCUT2D eigenvalue weighted by molar-refractivity contribution is 0.628. The second-order valence-electron chi connectivity index (χ2n) is 7.74. The maximum absolute atomic E-state index is 13.9. The van der Waals surface area contributed by atoms with Crippen LogP contribution in [0.3, 0.4) is 0 Å². The zero-order valence-corrected chi connectivity index (χ0v) is 18.8. The van der Waals surface area contributed by atoms with Gasteiger partial charge in [0, 0.05) is 12.4 Å². The topological polar surface area (TPSA) is 84.9 Å². The van der Waals surface area contributed by atoms with E-state index in [0.717, 1.165) is 56.4 Å². The molecule has 8 heteroatoms. The summed E-state index contributed by atoms with van der Waals surface area (Å²) < 4.78 is 22.3. The number of aryl methyl sites for hydroxylation is 2. The molecule has 2 heterocycles. The molecule has 0 spiro atoms. The Morgan fingerprint density at radius 3 is 2.67 bits per heavy atom. The first-order chi connectivity index (χ1) is 16.0. The summed E-state index contributed by atoms with van der Waals surface area (Å²) in [5, 5.41) is 16.1. The molecule has 0 fully saturated rings. The highest BCUT2D eigenvalue weighted by Crippen LogP contribution is 2.31. The summed E-state index contributed by atoms with van der Waals surface area (Å²) >= 11 is 0.872. The van der Waals surface area contributed by atoms with Crippen molar-refractivity contribution >= 4 is 34.1 Å². The van der Waals surface area contributed by atoms with Gasteiger partial charge >= 0.3 is 0 Å². The first kappa shape index (κ1) is 20.9. The Morgan fingerprint density at radius 1 is 1.09 bits per heavy atom. The Bertz CT molecular complexity index is 1660. The van der Waals surface area contributed by atoms with Crippen molar-refractivity contribution in [3.63, 3.8) is 0 Å². The van der Waals surface area contributed by atoms with Crippen molar-refractivity contribution in [1.29, 1.82) is 5.26 Å². The zero-order chi connectivity index (χ0) is 23.1. The number of hydrogen-bond acceptors (Lipinski definition) is 5. The van der Waals surface area contributed by atoms with Crippen molar-refractivity contribution in [1.82, 2.24) is 14.1 Å². The smallest absolute Gasteiger partial charge is 0.223 e. The second-order valence-corrected chi connectivity index (χ2v) is 8.13. The van der Waals surface area contributed by atoms with Gasteiger partial charge < -0.3 is 4.57 Å². The van der Waals surface area contributed by atoms with Gasteiger partial charge in [-0.15, -0.1) is 0 Å². The Hall–Kier alpha value is -3.93. The number of halogens is 1. The molecule has 0 saturated heterocycles. The lowest BCUT2D eigenvalue weighted by Gasteiger charge is -2.11. The van der Waals surface area contributed by atoms with Crippen LogP contribution >= 0.6 is 12.1 Å². The summed E-state index contributed by atoms with van der Waals surface area (Å²) in [5.41, 5.74) is 7.16. The van der Waals surface area contributed by atoms with Crippen LogP contribution in [0.2, 0.25) is 0 Å². The molecule has 0 aliphatic carbocycles. The van der Waals surface area contributed by atoms with Crippen LogP contribution in [-0.4, -0.2) is 14.1 Å². The van der Waals surface area contributed by atoms with Crippen LogP contribution < -0.4 is 10.8 Å². The van der Waals surface area contributed by atoms with Gasteiger partial charge in [-0.1, -0.05) is 24.3 Å². The van der Waals surface area contributed by atoms with Crippen molar-refractivity contribution in [2.75, 3.05) is 0 Å². The highest BCUT2D eigenvalue weighted by Gasteiger charge is 2.17. The van der Waals surface area contributed by atoms with Crippen LogP contribution in [0.25, 0.3) is 38.8 Å². The SMILES string of the molecule is Cc1ccc(C#N)cc1-n1c(=NSN)n(C)c2cnc3ccc(-c4cccc(F)c4)cc3c21. The number of nitrogens with two attached hydrogens (primary N) is 1. The second kappa shape index (κ2) is 8.20. The summed E-state index contributed by atoms with van der Waals surface area (Å²) in [6, 6.07) is 20.2. The summed E-state index contributed by atoms with van der Waals surface area (Å²) in [7, 11) is 1.90. The minimum Gasteiger partial charge on any atom is -0.311 e. The number of benzene rings is 3. The summed E-state index contributed by atoms with van der Waals surface area (Å²) in [5.74, 6) is -0.288. The molecule has 0 atom stereocenters. The van der Waals surface area contributed by atoms with E-state index in [4.69, 9.17) is 5.14 Å². The van der Waals surface area contributed by atoms with Crippen LogP contribution in [-0.2, 0) is 7.05 Å². The molecule has 2 aromatic heterocycles. The third kappa shape index (κ3) is 3.48. The van der Waals surface area contributed by atoms with Crippen LogP contribution in [0.5, 0.6) is 0 Å². The van der Waals surface area contributed by atoms with E-state index in [0.29, 0.717) is 11.2 Å². The van der Waals surface area contributed by atoms with E-state index >= 15 is 0 Å². The number of nitrogens with zero attached hydrogens (tertiary/aromatic N) is 5. The van der Waals surface area contributed by atoms with Gasteiger partial charge in [0.1, 0.15) is 5.82 Å². The Balaban J connectivity index is 1.95. The monoisotopic (exact) mass is 454 g/mol. The highest BCUT2D eigenvalue weighted by atomic mass is 32.2. The van der Waals surface area contributed by atoms with Gasteiger partial charge in [0.05, 0.1) is 52.2 Å². The molecule has 0 radical (unpaired) electrons. The molecule has 3 aromatic carbocycles. The molecule has 0 aliphatic rings. The maximum Gasteiger partial charge on any atom is 0.223 e. The predicted molar refractivity (Wildman–Crippen MR) is 130 cm³/mol. The normalized spacial score (nSPS) is 11.9. The molecule has 0 unspecified atom stereocenters. The number of fused-ring (bicyclic) bond motifs is 3. The van der Waals surface area contributed by atoms with E-state index < -0.39 is 0 Å². The fourth-order valence-electron chi connectivity index (χ4n) is 4.15. The van der Waals surface area contributed by atoms with Crippen molar-refractivity contribution in [3.8, 4) is 22.9 Å². The van der Waals surface area contributed by atoms with E-state index in [-0.39, 0.29) is 5.82 Å². The molecule has 5 rings (SSSR count). The molecule has 2 N–H and O–H groups in total. The third-order valence-electron chi connectivity index (χ3n) is 5.78. The average molecular weight is 455 g/mol. The number of imidazole rings is 1. The van der Waals surface area contributed by atoms with Crippen LogP contribution in [0.1, 0.15) is 11.1 Å². The first-order valence-corrected chi connectivity index (χ1v) is 11.0. The Morgan fingerprint density at radius 2 is 1.91 bits per heavy atom. The quantitative estimate of drug-likeness (QED) is 0.392.